The van der Waals surface area contributed by atoms with Crippen molar-refractivity contribution in [2.45, 2.75) is 25.2 Å². The highest BCUT2D eigenvalue weighted by atomic mass is 19.1. The largest absolute Gasteiger partial charge is 0.348 e. The summed E-state index contributed by atoms with van der Waals surface area (Å²) in [4.78, 5) is 7.24. The fourth-order valence-corrected chi connectivity index (χ4v) is 2.87. The minimum absolute atomic E-state index is 0.208. The summed E-state index contributed by atoms with van der Waals surface area (Å²) in [5.74, 6) is 0.100. The molecule has 0 saturated carbocycles. The molecule has 1 atom stereocenters. The standard InChI is InChI=1S/C20H18FN3/c21-19-9-4-15(5-10-19)1-8-18(11-20-13-23-14-24-20)17-6-2-16(12-22)3-7-17/h2-7,9-10,13-14,18H,1,8,11H2,(H,23,24). The van der Waals surface area contributed by atoms with Crippen molar-refractivity contribution in [2.24, 2.45) is 0 Å². The van der Waals surface area contributed by atoms with Crippen molar-refractivity contribution in [3.05, 3.63) is 89.3 Å². The number of nitrogens with zero attached hydrogens (tertiary/aromatic N) is 2. The number of aromatic nitrogens is 2. The van der Waals surface area contributed by atoms with Gasteiger partial charge in [-0.25, -0.2) is 9.37 Å². The summed E-state index contributed by atoms with van der Waals surface area (Å²) in [7, 11) is 0. The highest BCUT2D eigenvalue weighted by Gasteiger charge is 2.14. The monoisotopic (exact) mass is 319 g/mol. The highest BCUT2D eigenvalue weighted by Crippen LogP contribution is 2.26. The molecule has 4 heteroatoms. The van der Waals surface area contributed by atoms with Crippen LogP contribution in [0.25, 0.3) is 0 Å². The number of halogens is 1. The maximum Gasteiger partial charge on any atom is 0.123 e. The zero-order valence-corrected chi connectivity index (χ0v) is 13.2. The summed E-state index contributed by atoms with van der Waals surface area (Å²) in [6.45, 7) is 0. The Balaban J connectivity index is 1.75. The average Bonchev–Trinajstić information content (AvgIpc) is 3.13. The zero-order chi connectivity index (χ0) is 16.8. The van der Waals surface area contributed by atoms with Crippen LogP contribution in [0.3, 0.4) is 0 Å². The molecule has 1 N–H and O–H groups in total. The molecule has 0 aliphatic carbocycles. The molecule has 0 fully saturated rings. The van der Waals surface area contributed by atoms with Crippen LogP contribution in [-0.4, -0.2) is 9.97 Å². The van der Waals surface area contributed by atoms with Crippen LogP contribution in [-0.2, 0) is 12.8 Å². The van der Waals surface area contributed by atoms with Crippen LogP contribution in [0.2, 0.25) is 0 Å². The second-order valence-electron chi connectivity index (χ2n) is 5.88. The van der Waals surface area contributed by atoms with E-state index < -0.39 is 0 Å². The van der Waals surface area contributed by atoms with Gasteiger partial charge in [-0.15, -0.1) is 0 Å². The summed E-state index contributed by atoms with van der Waals surface area (Å²) in [5, 5.41) is 8.96. The van der Waals surface area contributed by atoms with Gasteiger partial charge in [0.15, 0.2) is 0 Å². The van der Waals surface area contributed by atoms with Crippen LogP contribution in [0.15, 0.2) is 61.1 Å². The Hall–Kier alpha value is -2.93. The molecule has 0 aliphatic heterocycles. The molecule has 3 rings (SSSR count). The summed E-state index contributed by atoms with van der Waals surface area (Å²) in [6.07, 6.45) is 6.20. The molecule has 0 radical (unpaired) electrons. The van der Waals surface area contributed by atoms with Gasteiger partial charge < -0.3 is 4.98 Å². The molecule has 120 valence electrons. The first-order chi connectivity index (χ1) is 11.7. The van der Waals surface area contributed by atoms with E-state index in [1.54, 1.807) is 6.33 Å². The number of hydrogen-bond donors (Lipinski definition) is 1. The maximum absolute atomic E-state index is 13.0. The lowest BCUT2D eigenvalue weighted by atomic mass is 9.88. The summed E-state index contributed by atoms with van der Waals surface area (Å²) in [6, 6.07) is 16.6. The van der Waals surface area contributed by atoms with Gasteiger partial charge in [-0.2, -0.15) is 5.26 Å². The normalized spacial score (nSPS) is 11.8. The van der Waals surface area contributed by atoms with E-state index in [1.165, 1.54) is 17.7 Å². The van der Waals surface area contributed by atoms with Gasteiger partial charge in [-0.3, -0.25) is 0 Å². The number of aryl methyl sites for hydroxylation is 1. The highest BCUT2D eigenvalue weighted by molar-refractivity contribution is 5.33. The van der Waals surface area contributed by atoms with Crippen molar-refractivity contribution in [3.8, 4) is 6.07 Å². The lowest BCUT2D eigenvalue weighted by molar-refractivity contribution is 0.609. The Morgan fingerprint density at radius 2 is 1.83 bits per heavy atom. The van der Waals surface area contributed by atoms with Gasteiger partial charge in [0.1, 0.15) is 5.82 Å². The summed E-state index contributed by atoms with van der Waals surface area (Å²) in [5.41, 5.74) is 4.08. The Labute approximate surface area is 140 Å². The Kier molecular flexibility index (Phi) is 5.02. The van der Waals surface area contributed by atoms with Crippen LogP contribution in [0, 0.1) is 17.1 Å². The smallest absolute Gasteiger partial charge is 0.123 e. The minimum atomic E-state index is -0.208. The first-order valence-corrected chi connectivity index (χ1v) is 7.96. The number of aromatic amines is 1. The van der Waals surface area contributed by atoms with Crippen LogP contribution < -0.4 is 0 Å². The second kappa shape index (κ2) is 7.56. The average molecular weight is 319 g/mol. The van der Waals surface area contributed by atoms with Crippen molar-refractivity contribution < 1.29 is 4.39 Å². The Bertz CT molecular complexity index is 800. The van der Waals surface area contributed by atoms with Crippen LogP contribution in [0.4, 0.5) is 4.39 Å². The predicted octanol–water partition coefficient (Wildman–Crippen LogP) is 4.38. The van der Waals surface area contributed by atoms with E-state index in [1.807, 2.05) is 42.6 Å². The van der Waals surface area contributed by atoms with E-state index in [4.69, 9.17) is 5.26 Å². The third-order valence-corrected chi connectivity index (χ3v) is 4.23. The maximum atomic E-state index is 13.0. The topological polar surface area (TPSA) is 52.5 Å². The van der Waals surface area contributed by atoms with E-state index in [0.29, 0.717) is 11.5 Å². The van der Waals surface area contributed by atoms with Crippen molar-refractivity contribution in [1.82, 2.24) is 9.97 Å². The van der Waals surface area contributed by atoms with Gasteiger partial charge in [0.2, 0.25) is 0 Å². The minimum Gasteiger partial charge on any atom is -0.348 e. The number of nitrogens with one attached hydrogen (secondary N) is 1. The zero-order valence-electron chi connectivity index (χ0n) is 13.2. The second-order valence-corrected chi connectivity index (χ2v) is 5.88. The van der Waals surface area contributed by atoms with Gasteiger partial charge in [0.05, 0.1) is 18.0 Å². The number of rotatable bonds is 6. The van der Waals surface area contributed by atoms with E-state index in [2.05, 4.69) is 16.0 Å². The number of benzene rings is 2. The number of hydrogen-bond acceptors (Lipinski definition) is 2. The molecule has 24 heavy (non-hydrogen) atoms. The van der Waals surface area contributed by atoms with Crippen molar-refractivity contribution in [3.63, 3.8) is 0 Å². The SMILES string of the molecule is N#Cc1ccc(C(CCc2ccc(F)cc2)Cc2cnc[nH]2)cc1. The summed E-state index contributed by atoms with van der Waals surface area (Å²) < 4.78 is 13.0. The van der Waals surface area contributed by atoms with Crippen molar-refractivity contribution >= 4 is 0 Å². The molecule has 0 aliphatic rings. The summed E-state index contributed by atoms with van der Waals surface area (Å²) >= 11 is 0. The van der Waals surface area contributed by atoms with Crippen LogP contribution in [0.1, 0.15) is 34.7 Å². The fourth-order valence-electron chi connectivity index (χ4n) is 2.87. The quantitative estimate of drug-likeness (QED) is 0.733. The lowest BCUT2D eigenvalue weighted by Crippen LogP contribution is -2.05. The fraction of sp³-hybridized carbons (Fsp3) is 0.200. The third kappa shape index (κ3) is 4.08. The van der Waals surface area contributed by atoms with Crippen LogP contribution >= 0.6 is 0 Å². The molecule has 0 spiro atoms. The van der Waals surface area contributed by atoms with E-state index in [-0.39, 0.29) is 5.82 Å². The Morgan fingerprint density at radius 3 is 2.46 bits per heavy atom. The molecule has 2 aromatic carbocycles. The molecule has 3 aromatic rings. The molecular weight excluding hydrogens is 301 g/mol. The first-order valence-electron chi connectivity index (χ1n) is 7.96. The molecule has 0 bridgehead atoms. The van der Waals surface area contributed by atoms with Crippen molar-refractivity contribution in [1.29, 1.82) is 5.26 Å². The number of nitriles is 1. The van der Waals surface area contributed by atoms with Gasteiger partial charge in [0.25, 0.3) is 0 Å². The van der Waals surface area contributed by atoms with E-state index >= 15 is 0 Å². The van der Waals surface area contributed by atoms with Gasteiger partial charge in [-0.1, -0.05) is 24.3 Å². The van der Waals surface area contributed by atoms with Crippen molar-refractivity contribution in [2.75, 3.05) is 0 Å². The first kappa shape index (κ1) is 15.9. The molecule has 1 unspecified atom stereocenters. The van der Waals surface area contributed by atoms with E-state index in [9.17, 15) is 4.39 Å². The van der Waals surface area contributed by atoms with Gasteiger partial charge in [0, 0.05) is 11.9 Å². The lowest BCUT2D eigenvalue weighted by Gasteiger charge is -2.17. The van der Waals surface area contributed by atoms with Gasteiger partial charge >= 0.3 is 0 Å². The third-order valence-electron chi connectivity index (χ3n) is 4.23. The number of imidazole rings is 1. The van der Waals surface area contributed by atoms with Crippen LogP contribution in [0.5, 0.6) is 0 Å². The molecule has 0 amide bonds. The molecule has 1 aromatic heterocycles. The molecule has 3 nitrogen and oxygen atoms in total. The number of H-pyrrole nitrogens is 1. The molecular formula is C20H18FN3. The Morgan fingerprint density at radius 1 is 1.08 bits per heavy atom. The molecule has 1 heterocycles. The van der Waals surface area contributed by atoms with E-state index in [0.717, 1.165) is 30.5 Å². The molecule has 0 saturated heterocycles. The predicted molar refractivity (Wildman–Crippen MR) is 90.9 cm³/mol. The van der Waals surface area contributed by atoms with Gasteiger partial charge in [-0.05, 0) is 60.6 Å².